The molecule has 0 atom stereocenters. The zero-order chi connectivity index (χ0) is 18.0. The molecule has 0 radical (unpaired) electrons. The molecule has 0 saturated carbocycles. The normalized spacial score (nSPS) is 11.1. The van der Waals surface area contributed by atoms with Crippen LogP contribution in [0.15, 0.2) is 59.5 Å². The van der Waals surface area contributed by atoms with Crippen LogP contribution in [-0.2, 0) is 13.5 Å². The van der Waals surface area contributed by atoms with Crippen molar-refractivity contribution in [2.75, 3.05) is 0 Å². The molecule has 0 aliphatic rings. The van der Waals surface area contributed by atoms with E-state index >= 15 is 0 Å². The summed E-state index contributed by atoms with van der Waals surface area (Å²) in [6.45, 7) is 3.88. The number of nitrogens with zero attached hydrogens (tertiary/aromatic N) is 2. The Labute approximate surface area is 146 Å². The maximum absolute atomic E-state index is 14.3. The van der Waals surface area contributed by atoms with E-state index in [0.29, 0.717) is 28.9 Å². The van der Waals surface area contributed by atoms with Gasteiger partial charge >= 0.3 is 0 Å². The molecule has 4 heteroatoms. The SMILES string of the molecule is CC(C)c1ccc(-c2cnc(Cc3ccccc3)n(C)c2=O)cc1F. The number of halogens is 1. The number of aromatic nitrogens is 2. The second-order valence-corrected chi connectivity index (χ2v) is 6.51. The molecule has 3 rings (SSSR count). The predicted molar refractivity (Wildman–Crippen MR) is 98.2 cm³/mol. The van der Waals surface area contributed by atoms with Crippen LogP contribution in [0.4, 0.5) is 4.39 Å². The van der Waals surface area contributed by atoms with E-state index in [9.17, 15) is 9.18 Å². The van der Waals surface area contributed by atoms with E-state index in [-0.39, 0.29) is 17.3 Å². The summed E-state index contributed by atoms with van der Waals surface area (Å²) in [5, 5.41) is 0. The monoisotopic (exact) mass is 336 g/mol. The van der Waals surface area contributed by atoms with Gasteiger partial charge in [0.25, 0.3) is 5.56 Å². The first-order chi connectivity index (χ1) is 12.0. The molecule has 1 heterocycles. The third-order valence-corrected chi connectivity index (χ3v) is 4.40. The van der Waals surface area contributed by atoms with E-state index in [2.05, 4.69) is 4.98 Å². The number of hydrogen-bond acceptors (Lipinski definition) is 2. The van der Waals surface area contributed by atoms with Crippen LogP contribution in [0.2, 0.25) is 0 Å². The maximum atomic E-state index is 14.3. The van der Waals surface area contributed by atoms with Gasteiger partial charge in [-0.15, -0.1) is 0 Å². The van der Waals surface area contributed by atoms with Crippen LogP contribution in [0.1, 0.15) is 36.7 Å². The highest BCUT2D eigenvalue weighted by molar-refractivity contribution is 5.62. The van der Waals surface area contributed by atoms with E-state index in [1.165, 1.54) is 10.6 Å². The van der Waals surface area contributed by atoms with Crippen molar-refractivity contribution in [1.82, 2.24) is 9.55 Å². The average Bonchev–Trinajstić information content (AvgIpc) is 2.59. The molecular formula is C21H21FN2O. The molecule has 0 N–H and O–H groups in total. The summed E-state index contributed by atoms with van der Waals surface area (Å²) in [5.74, 6) is 0.491. The van der Waals surface area contributed by atoms with E-state index in [4.69, 9.17) is 0 Å². The van der Waals surface area contributed by atoms with E-state index < -0.39 is 0 Å². The van der Waals surface area contributed by atoms with E-state index in [1.807, 2.05) is 44.2 Å². The molecule has 0 bridgehead atoms. The van der Waals surface area contributed by atoms with Crippen LogP contribution in [0.5, 0.6) is 0 Å². The van der Waals surface area contributed by atoms with Gasteiger partial charge in [0.05, 0.1) is 5.56 Å². The topological polar surface area (TPSA) is 34.9 Å². The molecule has 0 aliphatic heterocycles. The van der Waals surface area contributed by atoms with Gasteiger partial charge in [0.1, 0.15) is 11.6 Å². The molecule has 0 fully saturated rings. The molecule has 0 amide bonds. The largest absolute Gasteiger partial charge is 0.299 e. The molecular weight excluding hydrogens is 315 g/mol. The van der Waals surface area contributed by atoms with Gasteiger partial charge in [-0.25, -0.2) is 9.37 Å². The molecule has 0 saturated heterocycles. The lowest BCUT2D eigenvalue weighted by Crippen LogP contribution is -2.23. The molecule has 128 valence electrons. The van der Waals surface area contributed by atoms with Crippen molar-refractivity contribution in [3.05, 3.63) is 87.9 Å². The third-order valence-electron chi connectivity index (χ3n) is 4.40. The fourth-order valence-corrected chi connectivity index (χ4v) is 2.88. The standard InChI is InChI=1S/C21H21FN2O/c1-14(2)17-10-9-16(12-19(17)22)18-13-23-20(24(3)21(18)25)11-15-7-5-4-6-8-15/h4-10,12-14H,11H2,1-3H3. The van der Waals surface area contributed by atoms with Crippen molar-refractivity contribution in [3.63, 3.8) is 0 Å². The van der Waals surface area contributed by atoms with E-state index in [1.54, 1.807) is 25.4 Å². The Kier molecular flexibility index (Phi) is 4.79. The Bertz CT molecular complexity index is 946. The highest BCUT2D eigenvalue weighted by Crippen LogP contribution is 2.23. The van der Waals surface area contributed by atoms with Crippen LogP contribution in [0.3, 0.4) is 0 Å². The Hall–Kier alpha value is -2.75. The van der Waals surface area contributed by atoms with Gasteiger partial charge in [0.2, 0.25) is 0 Å². The predicted octanol–water partition coefficient (Wildman–Crippen LogP) is 4.30. The minimum atomic E-state index is -0.289. The van der Waals surface area contributed by atoms with Crippen LogP contribution < -0.4 is 5.56 Å². The first-order valence-corrected chi connectivity index (χ1v) is 8.36. The quantitative estimate of drug-likeness (QED) is 0.712. The fraction of sp³-hybridized carbons (Fsp3) is 0.238. The summed E-state index contributed by atoms with van der Waals surface area (Å²) >= 11 is 0. The molecule has 1 aromatic heterocycles. The lowest BCUT2D eigenvalue weighted by molar-refractivity contribution is 0.599. The first kappa shape index (κ1) is 17.1. The molecule has 0 unspecified atom stereocenters. The second kappa shape index (κ2) is 7.01. The molecule has 0 aliphatic carbocycles. The third kappa shape index (κ3) is 3.53. The van der Waals surface area contributed by atoms with Gasteiger partial charge in [-0.3, -0.25) is 9.36 Å². The minimum absolute atomic E-state index is 0.100. The van der Waals surface area contributed by atoms with Crippen LogP contribution in [0.25, 0.3) is 11.1 Å². The van der Waals surface area contributed by atoms with Crippen molar-refractivity contribution in [2.24, 2.45) is 7.05 Å². The molecule has 3 nitrogen and oxygen atoms in total. The summed E-state index contributed by atoms with van der Waals surface area (Å²) in [6.07, 6.45) is 2.12. The van der Waals surface area contributed by atoms with Crippen LogP contribution >= 0.6 is 0 Å². The van der Waals surface area contributed by atoms with Crippen molar-refractivity contribution in [2.45, 2.75) is 26.2 Å². The lowest BCUT2D eigenvalue weighted by atomic mass is 9.99. The number of rotatable bonds is 4. The van der Waals surface area contributed by atoms with Gasteiger partial charge in [0.15, 0.2) is 0 Å². The summed E-state index contributed by atoms with van der Waals surface area (Å²) in [5.41, 5.74) is 2.53. The van der Waals surface area contributed by atoms with Gasteiger partial charge in [-0.1, -0.05) is 56.3 Å². The summed E-state index contributed by atoms with van der Waals surface area (Å²) in [4.78, 5) is 17.1. The maximum Gasteiger partial charge on any atom is 0.261 e. The zero-order valence-corrected chi connectivity index (χ0v) is 14.7. The Morgan fingerprint density at radius 3 is 2.48 bits per heavy atom. The summed E-state index contributed by atoms with van der Waals surface area (Å²) in [6, 6.07) is 14.8. The minimum Gasteiger partial charge on any atom is -0.299 e. The van der Waals surface area contributed by atoms with Crippen LogP contribution in [-0.4, -0.2) is 9.55 Å². The number of hydrogen-bond donors (Lipinski definition) is 0. The van der Waals surface area contributed by atoms with Crippen molar-refractivity contribution in [1.29, 1.82) is 0 Å². The molecule has 3 aromatic rings. The average molecular weight is 336 g/mol. The van der Waals surface area contributed by atoms with Gasteiger partial charge in [-0.2, -0.15) is 0 Å². The molecule has 2 aromatic carbocycles. The smallest absolute Gasteiger partial charge is 0.261 e. The fourth-order valence-electron chi connectivity index (χ4n) is 2.88. The summed E-state index contributed by atoms with van der Waals surface area (Å²) in [7, 11) is 1.70. The number of benzene rings is 2. The molecule has 0 spiro atoms. The Morgan fingerprint density at radius 1 is 1.12 bits per heavy atom. The van der Waals surface area contributed by atoms with Crippen LogP contribution in [0, 0.1) is 5.82 Å². The highest BCUT2D eigenvalue weighted by atomic mass is 19.1. The Balaban J connectivity index is 1.98. The van der Waals surface area contributed by atoms with E-state index in [0.717, 1.165) is 5.56 Å². The van der Waals surface area contributed by atoms with Crippen molar-refractivity contribution < 1.29 is 4.39 Å². The first-order valence-electron chi connectivity index (χ1n) is 8.36. The van der Waals surface area contributed by atoms with Gasteiger partial charge in [0, 0.05) is 19.7 Å². The van der Waals surface area contributed by atoms with Crippen molar-refractivity contribution in [3.8, 4) is 11.1 Å². The summed E-state index contributed by atoms with van der Waals surface area (Å²) < 4.78 is 15.8. The van der Waals surface area contributed by atoms with Gasteiger partial charge in [-0.05, 0) is 28.7 Å². The lowest BCUT2D eigenvalue weighted by Gasteiger charge is -2.11. The Morgan fingerprint density at radius 2 is 1.84 bits per heavy atom. The molecule has 25 heavy (non-hydrogen) atoms. The van der Waals surface area contributed by atoms with Gasteiger partial charge < -0.3 is 0 Å². The zero-order valence-electron chi connectivity index (χ0n) is 14.7. The van der Waals surface area contributed by atoms with Crippen molar-refractivity contribution >= 4 is 0 Å². The second-order valence-electron chi connectivity index (χ2n) is 6.51. The highest BCUT2D eigenvalue weighted by Gasteiger charge is 2.13.